The average molecular weight is 544 g/mol. The molecule has 0 amide bonds. The summed E-state index contributed by atoms with van der Waals surface area (Å²) in [5.41, 5.74) is 0. The van der Waals surface area contributed by atoms with Crippen LogP contribution >= 0.6 is 7.92 Å². The van der Waals surface area contributed by atoms with Crippen molar-refractivity contribution >= 4 is 83.7 Å². The van der Waals surface area contributed by atoms with E-state index in [-0.39, 0.29) is 35.0 Å². The van der Waals surface area contributed by atoms with Gasteiger partial charge in [0.1, 0.15) is 0 Å². The van der Waals surface area contributed by atoms with E-state index < -0.39 is 53.0 Å². The normalized spacial score (nSPS) is 12.0. The second-order valence-corrected chi connectivity index (χ2v) is 12.7. The molecule has 0 aromatic heterocycles. The van der Waals surface area contributed by atoms with E-state index in [1.165, 1.54) is 54.6 Å². The average Bonchev–Trinajstić information content (AvgIpc) is 2.67. The molecule has 0 radical (unpaired) electrons. The van der Waals surface area contributed by atoms with Crippen LogP contribution in [0.1, 0.15) is 0 Å². The molecule has 10 nitrogen and oxygen atoms in total. The van der Waals surface area contributed by atoms with E-state index in [0.717, 1.165) is 18.2 Å². The quantitative estimate of drug-likeness (QED) is 0.212. The van der Waals surface area contributed by atoms with Crippen molar-refractivity contribution in [2.24, 2.45) is 0 Å². The predicted octanol–water partition coefficient (Wildman–Crippen LogP) is -0.288. The molecule has 3 aromatic carbocycles. The summed E-state index contributed by atoms with van der Waals surface area (Å²) < 4.78 is 97.7. The standard InChI is InChI=1S/C18H15O9PS3.Na.H2O.H/c19-29(20,21)16-7-1-4-13(10-16)28(14-5-2-8-17(11-14)30(22,23)24)15-6-3-9-18(12-15)31(25,26)27;;;/h1-12H,(H,19,20,21)(H,22,23,24)(H,25,26,27);;1H2;. The van der Waals surface area contributed by atoms with Crippen LogP contribution in [0.2, 0.25) is 0 Å². The van der Waals surface area contributed by atoms with Gasteiger partial charge in [0.2, 0.25) is 0 Å². The van der Waals surface area contributed by atoms with Crippen molar-refractivity contribution in [3.63, 3.8) is 0 Å². The molecule has 0 unspecified atom stereocenters. The van der Waals surface area contributed by atoms with Crippen molar-refractivity contribution in [1.82, 2.24) is 0 Å². The van der Waals surface area contributed by atoms with Crippen LogP contribution in [0.4, 0.5) is 0 Å². The summed E-state index contributed by atoms with van der Waals surface area (Å²) >= 11 is 0. The van der Waals surface area contributed by atoms with E-state index in [4.69, 9.17) is 0 Å². The summed E-state index contributed by atoms with van der Waals surface area (Å²) in [4.78, 5) is -1.22. The van der Waals surface area contributed by atoms with Crippen LogP contribution in [0.3, 0.4) is 0 Å². The number of rotatable bonds is 6. The summed E-state index contributed by atoms with van der Waals surface area (Å²) in [6.07, 6.45) is 0. The van der Waals surface area contributed by atoms with Gasteiger partial charge in [-0.15, -0.1) is 0 Å². The zero-order valence-electron chi connectivity index (χ0n) is 15.9. The Hall–Kier alpha value is -1.22. The topological polar surface area (TPSA) is 195 Å². The van der Waals surface area contributed by atoms with Gasteiger partial charge in [-0.25, -0.2) is 0 Å². The molecule has 15 heteroatoms. The first-order valence-electron chi connectivity index (χ1n) is 8.30. The molecule has 3 aromatic rings. The van der Waals surface area contributed by atoms with Crippen molar-refractivity contribution in [2.45, 2.75) is 14.7 Å². The van der Waals surface area contributed by atoms with Crippen molar-refractivity contribution in [3.8, 4) is 0 Å². The molecular weight excluding hydrogens is 526 g/mol. The molecule has 0 heterocycles. The molecule has 0 aliphatic carbocycles. The first-order chi connectivity index (χ1) is 14.3. The van der Waals surface area contributed by atoms with Crippen LogP contribution in [0.15, 0.2) is 87.5 Å². The molecule has 0 aliphatic heterocycles. The van der Waals surface area contributed by atoms with Crippen LogP contribution in [-0.2, 0) is 30.4 Å². The third-order valence-electron chi connectivity index (χ3n) is 4.12. The Labute approximate surface area is 214 Å². The Morgan fingerprint density at radius 3 is 0.970 bits per heavy atom. The van der Waals surface area contributed by atoms with Crippen LogP contribution < -0.4 is 15.9 Å². The van der Waals surface area contributed by atoms with Crippen LogP contribution in [0.25, 0.3) is 0 Å². The Balaban J connectivity index is 0.00000272. The SMILES string of the molecule is O.O=S(=O)(O)c1cccc(P(c2cccc(S(=O)(=O)O)c2)c2cccc(S(=O)(=O)O)c2)c1.[NaH]. The molecule has 0 saturated carbocycles. The van der Waals surface area contributed by atoms with Gasteiger partial charge in [0.25, 0.3) is 30.4 Å². The molecule has 33 heavy (non-hydrogen) atoms. The van der Waals surface area contributed by atoms with Gasteiger partial charge in [-0.05, 0) is 60.2 Å². The zero-order valence-corrected chi connectivity index (χ0v) is 19.2. The first kappa shape index (κ1) is 29.8. The van der Waals surface area contributed by atoms with E-state index in [2.05, 4.69) is 0 Å². The van der Waals surface area contributed by atoms with E-state index in [9.17, 15) is 38.9 Å². The molecule has 3 rings (SSSR count). The molecule has 174 valence electrons. The van der Waals surface area contributed by atoms with Crippen molar-refractivity contribution in [3.05, 3.63) is 72.8 Å². The Morgan fingerprint density at radius 2 is 0.758 bits per heavy atom. The van der Waals surface area contributed by atoms with E-state index in [1.54, 1.807) is 0 Å². The van der Waals surface area contributed by atoms with Gasteiger partial charge in [0.15, 0.2) is 0 Å². The predicted molar refractivity (Wildman–Crippen MR) is 125 cm³/mol. The first-order valence-corrected chi connectivity index (χ1v) is 14.0. The zero-order chi connectivity index (χ0) is 23.0. The van der Waals surface area contributed by atoms with Gasteiger partial charge in [0.05, 0.1) is 14.7 Å². The Morgan fingerprint density at radius 1 is 0.515 bits per heavy atom. The summed E-state index contributed by atoms with van der Waals surface area (Å²) in [5.74, 6) is 0. The van der Waals surface area contributed by atoms with Crippen molar-refractivity contribution < 1.29 is 44.4 Å². The van der Waals surface area contributed by atoms with E-state index in [1.807, 2.05) is 0 Å². The maximum atomic E-state index is 11.6. The Kier molecular flexibility index (Phi) is 9.95. The van der Waals surface area contributed by atoms with Gasteiger partial charge in [-0.3, -0.25) is 13.7 Å². The third kappa shape index (κ3) is 7.38. The monoisotopic (exact) mass is 544 g/mol. The summed E-state index contributed by atoms with van der Waals surface area (Å²) in [7, 11) is -15.4. The molecule has 0 aliphatic rings. The van der Waals surface area contributed by atoms with Crippen LogP contribution in [0, 0.1) is 0 Å². The van der Waals surface area contributed by atoms with Gasteiger partial charge >= 0.3 is 29.6 Å². The molecular formula is C18H18NaO10PS3. The van der Waals surface area contributed by atoms with Gasteiger partial charge in [-0.2, -0.15) is 25.3 Å². The minimum atomic E-state index is -4.55. The third-order valence-corrected chi connectivity index (χ3v) is 9.05. The van der Waals surface area contributed by atoms with Crippen molar-refractivity contribution in [1.29, 1.82) is 0 Å². The van der Waals surface area contributed by atoms with Crippen LogP contribution in [-0.4, -0.2) is 73.9 Å². The molecule has 0 saturated heterocycles. The van der Waals surface area contributed by atoms with Gasteiger partial charge in [-0.1, -0.05) is 36.4 Å². The van der Waals surface area contributed by atoms with Crippen molar-refractivity contribution in [2.75, 3.05) is 0 Å². The van der Waals surface area contributed by atoms with Gasteiger partial charge < -0.3 is 5.48 Å². The summed E-state index contributed by atoms with van der Waals surface area (Å²) in [6, 6.07) is 15.7. The molecule has 0 fully saturated rings. The summed E-state index contributed by atoms with van der Waals surface area (Å²) in [5, 5.41) is 1.01. The number of benzene rings is 3. The second-order valence-electron chi connectivity index (χ2n) is 6.25. The van der Waals surface area contributed by atoms with Crippen LogP contribution in [0.5, 0.6) is 0 Å². The fraction of sp³-hybridized carbons (Fsp3) is 0. The van der Waals surface area contributed by atoms with Gasteiger partial charge in [0, 0.05) is 0 Å². The summed E-state index contributed by atoms with van der Waals surface area (Å²) in [6.45, 7) is 0. The molecule has 5 N–H and O–H groups in total. The molecule has 0 spiro atoms. The second kappa shape index (κ2) is 11.0. The minimum absolute atomic E-state index is 0. The fourth-order valence-electron chi connectivity index (χ4n) is 2.80. The maximum absolute atomic E-state index is 11.6. The van der Waals surface area contributed by atoms with E-state index >= 15 is 0 Å². The Bertz CT molecular complexity index is 1290. The molecule has 0 atom stereocenters. The fourth-order valence-corrected chi connectivity index (χ4v) is 7.04. The van der Waals surface area contributed by atoms with E-state index in [0.29, 0.717) is 15.9 Å². The molecule has 0 bridgehead atoms. The number of hydrogen-bond acceptors (Lipinski definition) is 6. The number of hydrogen-bond donors (Lipinski definition) is 3.